The normalized spacial score (nSPS) is 13.2. The summed E-state index contributed by atoms with van der Waals surface area (Å²) in [5, 5.41) is 12.2. The fraction of sp³-hybridized carbons (Fsp3) is 0.357. The molecule has 1 aromatic carbocycles. The Balaban J connectivity index is 2.85. The smallest absolute Gasteiger partial charge is 0.0991 e. The molecule has 0 aliphatic carbocycles. The lowest BCUT2D eigenvalue weighted by molar-refractivity contribution is 0.636. The Labute approximate surface area is 97.6 Å². The minimum atomic E-state index is 0.371. The highest BCUT2D eigenvalue weighted by Crippen LogP contribution is 2.11. The van der Waals surface area contributed by atoms with E-state index in [4.69, 9.17) is 5.26 Å². The van der Waals surface area contributed by atoms with E-state index in [9.17, 15) is 0 Å². The van der Waals surface area contributed by atoms with Crippen molar-refractivity contribution in [1.29, 1.82) is 5.26 Å². The predicted molar refractivity (Wildman–Crippen MR) is 67.9 cm³/mol. The Bertz CT molecular complexity index is 413. The molecule has 84 valence electrons. The number of nitrogens with zero attached hydrogens (tertiary/aromatic N) is 1. The van der Waals surface area contributed by atoms with Crippen LogP contribution in [-0.2, 0) is 0 Å². The van der Waals surface area contributed by atoms with Crippen LogP contribution in [0.4, 0.5) is 0 Å². The van der Waals surface area contributed by atoms with Gasteiger partial charge < -0.3 is 5.32 Å². The van der Waals surface area contributed by atoms with Crippen molar-refractivity contribution in [2.45, 2.75) is 26.8 Å². The Hall–Kier alpha value is -1.59. The first-order chi connectivity index (χ1) is 7.67. The van der Waals surface area contributed by atoms with E-state index in [1.165, 1.54) is 5.57 Å². The van der Waals surface area contributed by atoms with Crippen molar-refractivity contribution in [2.24, 2.45) is 0 Å². The van der Waals surface area contributed by atoms with Crippen molar-refractivity contribution >= 4 is 6.08 Å². The third-order valence-electron chi connectivity index (χ3n) is 2.60. The summed E-state index contributed by atoms with van der Waals surface area (Å²) >= 11 is 0. The first-order valence-electron chi connectivity index (χ1n) is 5.59. The molecule has 0 aliphatic rings. The van der Waals surface area contributed by atoms with Crippen LogP contribution in [0.15, 0.2) is 29.8 Å². The van der Waals surface area contributed by atoms with Gasteiger partial charge in [-0.3, -0.25) is 0 Å². The van der Waals surface area contributed by atoms with Gasteiger partial charge in [0.2, 0.25) is 0 Å². The second-order valence-corrected chi connectivity index (χ2v) is 3.90. The molecule has 1 N–H and O–H groups in total. The first kappa shape index (κ1) is 12.5. The molecule has 0 radical (unpaired) electrons. The number of rotatable bonds is 4. The Kier molecular flexibility index (Phi) is 4.75. The van der Waals surface area contributed by atoms with Gasteiger partial charge in [0.15, 0.2) is 0 Å². The molecule has 1 aromatic rings. The van der Waals surface area contributed by atoms with Crippen LogP contribution in [0.2, 0.25) is 0 Å². The van der Waals surface area contributed by atoms with Crippen molar-refractivity contribution in [3.8, 4) is 6.07 Å². The Morgan fingerprint density at radius 3 is 2.94 bits per heavy atom. The summed E-state index contributed by atoms with van der Waals surface area (Å²) in [7, 11) is 0. The van der Waals surface area contributed by atoms with Crippen molar-refractivity contribution < 1.29 is 0 Å². The van der Waals surface area contributed by atoms with E-state index < -0.39 is 0 Å². The molecule has 0 fully saturated rings. The van der Waals surface area contributed by atoms with Gasteiger partial charge in [-0.1, -0.05) is 30.7 Å². The molecule has 2 nitrogen and oxygen atoms in total. The predicted octanol–water partition coefficient (Wildman–Crippen LogP) is 2.96. The van der Waals surface area contributed by atoms with E-state index in [0.717, 1.165) is 12.1 Å². The van der Waals surface area contributed by atoms with Crippen LogP contribution in [0, 0.1) is 11.3 Å². The lowest BCUT2D eigenvalue weighted by Gasteiger charge is -2.12. The van der Waals surface area contributed by atoms with E-state index in [1.54, 1.807) is 0 Å². The second-order valence-electron chi connectivity index (χ2n) is 3.90. The molecule has 16 heavy (non-hydrogen) atoms. The summed E-state index contributed by atoms with van der Waals surface area (Å²) in [6, 6.07) is 10.2. The van der Waals surface area contributed by atoms with Crippen molar-refractivity contribution in [3.05, 3.63) is 41.0 Å². The maximum absolute atomic E-state index is 8.81. The van der Waals surface area contributed by atoms with Crippen LogP contribution >= 0.6 is 0 Å². The third-order valence-corrected chi connectivity index (χ3v) is 2.60. The number of likely N-dealkylation sites (N-methyl/N-ethyl adjacent to an activating group) is 1. The average molecular weight is 214 g/mol. The molecular weight excluding hydrogens is 196 g/mol. The van der Waals surface area contributed by atoms with Crippen LogP contribution in [0.5, 0.6) is 0 Å². The van der Waals surface area contributed by atoms with E-state index in [2.05, 4.69) is 38.2 Å². The molecule has 0 saturated carbocycles. The van der Waals surface area contributed by atoms with Crippen molar-refractivity contribution in [1.82, 2.24) is 5.32 Å². The summed E-state index contributed by atoms with van der Waals surface area (Å²) in [6.07, 6.45) is 2.12. The highest BCUT2D eigenvalue weighted by atomic mass is 14.9. The highest BCUT2D eigenvalue weighted by molar-refractivity contribution is 5.55. The molecule has 0 heterocycles. The van der Waals surface area contributed by atoms with E-state index >= 15 is 0 Å². The van der Waals surface area contributed by atoms with Gasteiger partial charge in [0.05, 0.1) is 11.6 Å². The molecule has 0 amide bonds. The molecule has 2 heteroatoms. The fourth-order valence-corrected chi connectivity index (χ4v) is 1.55. The largest absolute Gasteiger partial charge is 0.311 e. The van der Waals surface area contributed by atoms with Crippen LogP contribution in [0.3, 0.4) is 0 Å². The van der Waals surface area contributed by atoms with Crippen LogP contribution in [0.25, 0.3) is 6.08 Å². The SMILES string of the molecule is CCNC(C)/C(C)=C/c1cccc(C#N)c1. The standard InChI is InChI=1S/C14H18N2/c1-4-16-12(3)11(2)8-13-6-5-7-14(9-13)10-15/h5-9,12,16H,4H2,1-3H3/b11-8+. The monoisotopic (exact) mass is 214 g/mol. The highest BCUT2D eigenvalue weighted by Gasteiger charge is 2.01. The van der Waals surface area contributed by atoms with Crippen LogP contribution in [-0.4, -0.2) is 12.6 Å². The maximum atomic E-state index is 8.81. The zero-order chi connectivity index (χ0) is 12.0. The third kappa shape index (κ3) is 3.52. The number of nitrogens with one attached hydrogen (secondary N) is 1. The van der Waals surface area contributed by atoms with E-state index in [1.807, 2.05) is 24.3 Å². The minimum Gasteiger partial charge on any atom is -0.311 e. The lowest BCUT2D eigenvalue weighted by atomic mass is 10.1. The molecule has 0 spiro atoms. The number of hydrogen-bond donors (Lipinski definition) is 1. The maximum Gasteiger partial charge on any atom is 0.0991 e. The molecule has 0 bridgehead atoms. The van der Waals surface area contributed by atoms with Gasteiger partial charge in [-0.15, -0.1) is 0 Å². The molecular formula is C14H18N2. The number of benzene rings is 1. The second kappa shape index (κ2) is 6.09. The zero-order valence-corrected chi connectivity index (χ0v) is 10.1. The molecule has 0 aliphatic heterocycles. The summed E-state index contributed by atoms with van der Waals surface area (Å²) in [4.78, 5) is 0. The van der Waals surface area contributed by atoms with Gasteiger partial charge in [-0.2, -0.15) is 5.26 Å². The molecule has 0 saturated heterocycles. The molecule has 0 aromatic heterocycles. The first-order valence-corrected chi connectivity index (χ1v) is 5.59. The molecule has 1 atom stereocenters. The van der Waals surface area contributed by atoms with Gasteiger partial charge in [0.1, 0.15) is 0 Å². The molecule has 1 rings (SSSR count). The minimum absolute atomic E-state index is 0.371. The van der Waals surface area contributed by atoms with Crippen molar-refractivity contribution in [2.75, 3.05) is 6.54 Å². The Morgan fingerprint density at radius 1 is 1.56 bits per heavy atom. The lowest BCUT2D eigenvalue weighted by Crippen LogP contribution is -2.26. The van der Waals surface area contributed by atoms with Gasteiger partial charge >= 0.3 is 0 Å². The summed E-state index contributed by atoms with van der Waals surface area (Å²) in [5.41, 5.74) is 3.07. The van der Waals surface area contributed by atoms with Gasteiger partial charge in [0.25, 0.3) is 0 Å². The molecule has 1 unspecified atom stereocenters. The average Bonchev–Trinajstić information content (AvgIpc) is 2.29. The van der Waals surface area contributed by atoms with Gasteiger partial charge in [-0.05, 0) is 38.1 Å². The van der Waals surface area contributed by atoms with E-state index in [-0.39, 0.29) is 0 Å². The van der Waals surface area contributed by atoms with Crippen LogP contribution in [0.1, 0.15) is 31.9 Å². The Morgan fingerprint density at radius 2 is 2.31 bits per heavy atom. The summed E-state index contributed by atoms with van der Waals surface area (Å²) < 4.78 is 0. The summed E-state index contributed by atoms with van der Waals surface area (Å²) in [5.74, 6) is 0. The van der Waals surface area contributed by atoms with Gasteiger partial charge in [0, 0.05) is 6.04 Å². The fourth-order valence-electron chi connectivity index (χ4n) is 1.55. The number of nitriles is 1. The summed E-state index contributed by atoms with van der Waals surface area (Å²) in [6.45, 7) is 7.31. The van der Waals surface area contributed by atoms with E-state index in [0.29, 0.717) is 11.6 Å². The number of hydrogen-bond acceptors (Lipinski definition) is 2. The quantitative estimate of drug-likeness (QED) is 0.836. The van der Waals surface area contributed by atoms with Crippen LogP contribution < -0.4 is 5.32 Å². The zero-order valence-electron chi connectivity index (χ0n) is 10.1. The van der Waals surface area contributed by atoms with Gasteiger partial charge in [-0.25, -0.2) is 0 Å². The topological polar surface area (TPSA) is 35.8 Å². The van der Waals surface area contributed by atoms with Crippen molar-refractivity contribution in [3.63, 3.8) is 0 Å².